The molecule has 1 atom stereocenters. The van der Waals surface area contributed by atoms with E-state index in [-0.39, 0.29) is 11.8 Å². The highest BCUT2D eigenvalue weighted by molar-refractivity contribution is 6.31. The first-order chi connectivity index (χ1) is 13.7. The molecule has 1 aromatic heterocycles. The van der Waals surface area contributed by atoms with Crippen molar-refractivity contribution in [2.45, 2.75) is 32.1 Å². The molecule has 1 saturated heterocycles. The third kappa shape index (κ3) is 3.88. The van der Waals surface area contributed by atoms with E-state index < -0.39 is 0 Å². The number of rotatable bonds is 6. The maximum Gasteiger partial charge on any atom is 0.223 e. The van der Waals surface area contributed by atoms with Crippen molar-refractivity contribution in [3.8, 4) is 5.75 Å². The van der Waals surface area contributed by atoms with Gasteiger partial charge in [-0.15, -0.1) is 0 Å². The molecule has 1 aliphatic heterocycles. The Kier molecular flexibility index (Phi) is 5.58. The maximum atomic E-state index is 13.0. The summed E-state index contributed by atoms with van der Waals surface area (Å²) in [7, 11) is 0. The SMILES string of the molecule is CCOc1ccc([C@H](CC(=O)N2CCCC2)c2c[nH]c3ccc(Cl)cc23)cc1. The van der Waals surface area contributed by atoms with E-state index in [0.29, 0.717) is 18.1 Å². The number of ether oxygens (including phenoxy) is 1. The number of carbonyl (C=O) groups is 1. The number of hydrogen-bond acceptors (Lipinski definition) is 2. The monoisotopic (exact) mass is 396 g/mol. The van der Waals surface area contributed by atoms with Crippen LogP contribution in [0.5, 0.6) is 5.75 Å². The number of aromatic nitrogens is 1. The van der Waals surface area contributed by atoms with Crippen molar-refractivity contribution in [3.63, 3.8) is 0 Å². The van der Waals surface area contributed by atoms with Gasteiger partial charge in [0.1, 0.15) is 5.75 Å². The average Bonchev–Trinajstić information content (AvgIpc) is 3.37. The molecule has 1 fully saturated rings. The van der Waals surface area contributed by atoms with Crippen LogP contribution in [0.4, 0.5) is 0 Å². The first-order valence-corrected chi connectivity index (χ1v) is 10.3. The van der Waals surface area contributed by atoms with Gasteiger partial charge in [0.15, 0.2) is 0 Å². The molecule has 3 aromatic rings. The summed E-state index contributed by atoms with van der Waals surface area (Å²) in [5.41, 5.74) is 3.25. The second kappa shape index (κ2) is 8.27. The van der Waals surface area contributed by atoms with Gasteiger partial charge in [-0.05, 0) is 61.2 Å². The van der Waals surface area contributed by atoms with Gasteiger partial charge in [0.05, 0.1) is 6.61 Å². The van der Waals surface area contributed by atoms with Crippen molar-refractivity contribution in [1.82, 2.24) is 9.88 Å². The van der Waals surface area contributed by atoms with Crippen molar-refractivity contribution >= 4 is 28.4 Å². The Hall–Kier alpha value is -2.46. The molecule has 0 aliphatic carbocycles. The van der Waals surface area contributed by atoms with E-state index in [1.54, 1.807) is 0 Å². The standard InChI is InChI=1S/C23H25ClN2O2/c1-2-28-18-8-5-16(6-9-18)19(14-23(27)26-11-3-4-12-26)21-15-25-22-10-7-17(24)13-20(21)22/h5-10,13,15,19,25H,2-4,11-12,14H2,1H3/t19-/m0/s1. The Bertz CT molecular complexity index is 958. The van der Waals surface area contributed by atoms with Gasteiger partial charge in [-0.25, -0.2) is 0 Å². The second-order valence-corrected chi connectivity index (χ2v) is 7.72. The summed E-state index contributed by atoms with van der Waals surface area (Å²) >= 11 is 6.26. The zero-order chi connectivity index (χ0) is 19.5. The van der Waals surface area contributed by atoms with E-state index in [0.717, 1.165) is 53.7 Å². The third-order valence-electron chi connectivity index (χ3n) is 5.48. The smallest absolute Gasteiger partial charge is 0.223 e. The highest BCUT2D eigenvalue weighted by Gasteiger charge is 2.26. The van der Waals surface area contributed by atoms with Crippen LogP contribution in [0, 0.1) is 0 Å². The predicted molar refractivity (Wildman–Crippen MR) is 113 cm³/mol. The van der Waals surface area contributed by atoms with E-state index in [4.69, 9.17) is 16.3 Å². The summed E-state index contributed by atoms with van der Waals surface area (Å²) in [6, 6.07) is 13.9. The van der Waals surface area contributed by atoms with Crippen molar-refractivity contribution in [3.05, 3.63) is 64.8 Å². The van der Waals surface area contributed by atoms with Crippen LogP contribution >= 0.6 is 11.6 Å². The van der Waals surface area contributed by atoms with E-state index in [1.807, 2.05) is 48.4 Å². The molecule has 1 amide bonds. The lowest BCUT2D eigenvalue weighted by atomic mass is 9.87. The van der Waals surface area contributed by atoms with Crippen LogP contribution in [-0.4, -0.2) is 35.5 Å². The number of benzene rings is 2. The predicted octanol–water partition coefficient (Wildman–Crippen LogP) is 5.36. The molecule has 1 aliphatic rings. The molecular weight excluding hydrogens is 372 g/mol. The molecular formula is C23H25ClN2O2. The summed E-state index contributed by atoms with van der Waals surface area (Å²) in [5, 5.41) is 1.77. The summed E-state index contributed by atoms with van der Waals surface area (Å²) in [4.78, 5) is 18.3. The number of aromatic amines is 1. The first-order valence-electron chi connectivity index (χ1n) is 9.92. The zero-order valence-corrected chi connectivity index (χ0v) is 16.8. The lowest BCUT2D eigenvalue weighted by molar-refractivity contribution is -0.130. The molecule has 28 heavy (non-hydrogen) atoms. The van der Waals surface area contributed by atoms with Crippen LogP contribution in [0.15, 0.2) is 48.7 Å². The Morgan fingerprint density at radius 2 is 1.93 bits per heavy atom. The van der Waals surface area contributed by atoms with Gasteiger partial charge in [0.2, 0.25) is 5.91 Å². The lowest BCUT2D eigenvalue weighted by Crippen LogP contribution is -2.29. The largest absolute Gasteiger partial charge is 0.494 e. The number of H-pyrrole nitrogens is 1. The van der Waals surface area contributed by atoms with Gasteiger partial charge in [-0.3, -0.25) is 4.79 Å². The van der Waals surface area contributed by atoms with Crippen LogP contribution in [-0.2, 0) is 4.79 Å². The van der Waals surface area contributed by atoms with Crippen LogP contribution in [0.3, 0.4) is 0 Å². The van der Waals surface area contributed by atoms with E-state index in [1.165, 1.54) is 0 Å². The van der Waals surface area contributed by atoms with E-state index >= 15 is 0 Å². The molecule has 0 radical (unpaired) electrons. The number of amides is 1. The van der Waals surface area contributed by atoms with Crippen LogP contribution in [0.2, 0.25) is 5.02 Å². The minimum Gasteiger partial charge on any atom is -0.494 e. The molecule has 2 aromatic carbocycles. The van der Waals surface area contributed by atoms with Crippen molar-refractivity contribution in [2.24, 2.45) is 0 Å². The first kappa shape index (κ1) is 18.9. The topological polar surface area (TPSA) is 45.3 Å². The minimum absolute atomic E-state index is 0.0315. The van der Waals surface area contributed by atoms with Gasteiger partial charge in [0, 0.05) is 47.6 Å². The fourth-order valence-corrected chi connectivity index (χ4v) is 4.22. The lowest BCUT2D eigenvalue weighted by Gasteiger charge is -2.22. The number of nitrogens with one attached hydrogen (secondary N) is 1. The van der Waals surface area contributed by atoms with Gasteiger partial charge in [0.25, 0.3) is 0 Å². The second-order valence-electron chi connectivity index (χ2n) is 7.28. The molecule has 146 valence electrons. The van der Waals surface area contributed by atoms with Gasteiger partial charge < -0.3 is 14.6 Å². The Morgan fingerprint density at radius 3 is 2.64 bits per heavy atom. The molecule has 5 heteroatoms. The molecule has 0 spiro atoms. The van der Waals surface area contributed by atoms with Crippen molar-refractivity contribution in [1.29, 1.82) is 0 Å². The normalized spacial score (nSPS) is 15.1. The number of hydrogen-bond donors (Lipinski definition) is 1. The fourth-order valence-electron chi connectivity index (χ4n) is 4.04. The molecule has 4 nitrogen and oxygen atoms in total. The molecule has 4 rings (SSSR count). The fraction of sp³-hybridized carbons (Fsp3) is 0.348. The summed E-state index contributed by atoms with van der Waals surface area (Å²) in [5.74, 6) is 1.03. The van der Waals surface area contributed by atoms with Crippen molar-refractivity contribution < 1.29 is 9.53 Å². The van der Waals surface area contributed by atoms with E-state index in [9.17, 15) is 4.79 Å². The highest BCUT2D eigenvalue weighted by atomic mass is 35.5. The highest BCUT2D eigenvalue weighted by Crippen LogP contribution is 2.36. The molecule has 1 N–H and O–H groups in total. The Morgan fingerprint density at radius 1 is 1.18 bits per heavy atom. The van der Waals surface area contributed by atoms with Crippen LogP contribution in [0.25, 0.3) is 10.9 Å². The number of nitrogens with zero attached hydrogens (tertiary/aromatic N) is 1. The third-order valence-corrected chi connectivity index (χ3v) is 5.72. The van der Waals surface area contributed by atoms with Gasteiger partial charge in [-0.2, -0.15) is 0 Å². The maximum absolute atomic E-state index is 13.0. The van der Waals surface area contributed by atoms with Crippen LogP contribution in [0.1, 0.15) is 43.2 Å². The molecule has 0 saturated carbocycles. The Balaban J connectivity index is 1.71. The van der Waals surface area contributed by atoms with Crippen LogP contribution < -0.4 is 4.74 Å². The van der Waals surface area contributed by atoms with Crippen molar-refractivity contribution in [2.75, 3.05) is 19.7 Å². The molecule has 0 unspecified atom stereocenters. The average molecular weight is 397 g/mol. The number of carbonyl (C=O) groups excluding carboxylic acids is 1. The zero-order valence-electron chi connectivity index (χ0n) is 16.1. The van der Waals surface area contributed by atoms with E-state index in [2.05, 4.69) is 17.1 Å². The van der Waals surface area contributed by atoms with Gasteiger partial charge >= 0.3 is 0 Å². The quantitative estimate of drug-likeness (QED) is 0.609. The summed E-state index contributed by atoms with van der Waals surface area (Å²) in [6.07, 6.45) is 4.66. The minimum atomic E-state index is -0.0315. The number of fused-ring (bicyclic) bond motifs is 1. The Labute approximate surface area is 170 Å². The van der Waals surface area contributed by atoms with Gasteiger partial charge in [-0.1, -0.05) is 23.7 Å². The summed E-state index contributed by atoms with van der Waals surface area (Å²) in [6.45, 7) is 4.35. The molecule has 2 heterocycles. The number of halogens is 1. The number of likely N-dealkylation sites (tertiary alicyclic amines) is 1. The summed E-state index contributed by atoms with van der Waals surface area (Å²) < 4.78 is 5.58. The molecule has 0 bridgehead atoms.